The van der Waals surface area contributed by atoms with Gasteiger partial charge < -0.3 is 15.0 Å². The monoisotopic (exact) mass is 342 g/mol. The maximum atomic E-state index is 12.2. The van der Waals surface area contributed by atoms with Crippen molar-refractivity contribution in [2.45, 2.75) is 39.2 Å². The molecule has 0 saturated carbocycles. The van der Waals surface area contributed by atoms with Crippen molar-refractivity contribution in [2.24, 2.45) is 5.92 Å². The lowest BCUT2D eigenvalue weighted by molar-refractivity contribution is -0.126. The van der Waals surface area contributed by atoms with Crippen LogP contribution in [0.2, 0.25) is 0 Å². The first-order valence-electron chi connectivity index (χ1n) is 8.65. The van der Waals surface area contributed by atoms with E-state index in [1.165, 1.54) is 0 Å². The molecule has 1 saturated heterocycles. The fraction of sp³-hybridized carbons (Fsp3) is 0.500. The highest BCUT2D eigenvalue weighted by atomic mass is 16.6. The lowest BCUT2D eigenvalue weighted by Crippen LogP contribution is -2.44. The number of piperidine rings is 1. The number of carbonyl (C=O) groups is 2. The maximum absolute atomic E-state index is 12.2. The van der Waals surface area contributed by atoms with Gasteiger partial charge in [-0.1, -0.05) is 30.0 Å². The Morgan fingerprint density at radius 2 is 1.84 bits per heavy atom. The fourth-order valence-corrected chi connectivity index (χ4v) is 2.59. The quantitative estimate of drug-likeness (QED) is 0.841. The summed E-state index contributed by atoms with van der Waals surface area (Å²) in [6.07, 6.45) is 0.995. The summed E-state index contributed by atoms with van der Waals surface area (Å²) in [5, 5.41) is 2.86. The first kappa shape index (κ1) is 18.9. The third-order valence-electron chi connectivity index (χ3n) is 3.87. The Hall–Kier alpha value is -2.48. The Labute approximate surface area is 149 Å². The van der Waals surface area contributed by atoms with Crippen molar-refractivity contribution >= 4 is 12.0 Å². The normalized spacial score (nSPS) is 15.1. The molecule has 0 atom stereocenters. The molecule has 1 aliphatic heterocycles. The van der Waals surface area contributed by atoms with Crippen LogP contribution in [0.5, 0.6) is 0 Å². The summed E-state index contributed by atoms with van der Waals surface area (Å²) in [7, 11) is 0. The van der Waals surface area contributed by atoms with Gasteiger partial charge in [-0.05, 0) is 45.7 Å². The Bertz CT molecular complexity index is 645. The second-order valence-electron chi connectivity index (χ2n) is 7.13. The van der Waals surface area contributed by atoms with Crippen molar-refractivity contribution in [2.75, 3.05) is 19.6 Å². The lowest BCUT2D eigenvalue weighted by Gasteiger charge is -2.32. The molecular formula is C20H26N2O3. The lowest BCUT2D eigenvalue weighted by atomic mass is 9.96. The highest BCUT2D eigenvalue weighted by molar-refractivity contribution is 5.79. The molecule has 5 heteroatoms. The van der Waals surface area contributed by atoms with E-state index in [-0.39, 0.29) is 17.9 Å². The molecular weight excluding hydrogens is 316 g/mol. The van der Waals surface area contributed by atoms with Crippen LogP contribution in [0.3, 0.4) is 0 Å². The molecule has 1 heterocycles. The van der Waals surface area contributed by atoms with Crippen molar-refractivity contribution < 1.29 is 14.3 Å². The van der Waals surface area contributed by atoms with Gasteiger partial charge in [0, 0.05) is 24.6 Å². The molecule has 0 unspecified atom stereocenters. The molecule has 2 rings (SSSR count). The van der Waals surface area contributed by atoms with Gasteiger partial charge in [-0.3, -0.25) is 4.79 Å². The minimum Gasteiger partial charge on any atom is -0.444 e. The summed E-state index contributed by atoms with van der Waals surface area (Å²) in [6.45, 7) is 6.97. The summed E-state index contributed by atoms with van der Waals surface area (Å²) in [5.41, 5.74) is 0.436. The van der Waals surface area contributed by atoms with E-state index in [9.17, 15) is 9.59 Å². The van der Waals surface area contributed by atoms with Crippen LogP contribution in [0.25, 0.3) is 0 Å². The SMILES string of the molecule is CC(C)(C)OC(=O)N1CCC(C(=O)NCC#Cc2ccccc2)CC1. The Kier molecular flexibility index (Phi) is 6.46. The van der Waals surface area contributed by atoms with Gasteiger partial charge in [0.15, 0.2) is 0 Å². The maximum Gasteiger partial charge on any atom is 0.410 e. The van der Waals surface area contributed by atoms with Gasteiger partial charge in [0.2, 0.25) is 5.91 Å². The van der Waals surface area contributed by atoms with Crippen LogP contribution >= 0.6 is 0 Å². The van der Waals surface area contributed by atoms with E-state index in [4.69, 9.17) is 4.74 Å². The van der Waals surface area contributed by atoms with Crippen LogP contribution in [0.4, 0.5) is 4.79 Å². The molecule has 0 radical (unpaired) electrons. The number of hydrogen-bond acceptors (Lipinski definition) is 3. The number of carbonyl (C=O) groups excluding carboxylic acids is 2. The predicted octanol–water partition coefficient (Wildman–Crippen LogP) is 2.80. The van der Waals surface area contributed by atoms with Crippen LogP contribution in [-0.2, 0) is 9.53 Å². The van der Waals surface area contributed by atoms with E-state index in [2.05, 4.69) is 17.2 Å². The summed E-state index contributed by atoms with van der Waals surface area (Å²) in [4.78, 5) is 25.9. The molecule has 0 aliphatic carbocycles. The van der Waals surface area contributed by atoms with Crippen molar-refractivity contribution in [3.8, 4) is 11.8 Å². The second kappa shape index (κ2) is 8.57. The van der Waals surface area contributed by atoms with Crippen molar-refractivity contribution in [1.82, 2.24) is 10.2 Å². The zero-order valence-corrected chi connectivity index (χ0v) is 15.2. The second-order valence-corrected chi connectivity index (χ2v) is 7.13. The predicted molar refractivity (Wildman–Crippen MR) is 96.9 cm³/mol. The largest absolute Gasteiger partial charge is 0.444 e. The van der Waals surface area contributed by atoms with Gasteiger partial charge in [-0.15, -0.1) is 0 Å². The van der Waals surface area contributed by atoms with Crippen LogP contribution in [0.15, 0.2) is 30.3 Å². The van der Waals surface area contributed by atoms with E-state index in [1.54, 1.807) is 4.90 Å². The van der Waals surface area contributed by atoms with Gasteiger partial charge in [-0.2, -0.15) is 0 Å². The summed E-state index contributed by atoms with van der Waals surface area (Å²) >= 11 is 0. The zero-order valence-electron chi connectivity index (χ0n) is 15.2. The molecule has 0 aromatic heterocycles. The van der Waals surface area contributed by atoms with Crippen LogP contribution in [-0.4, -0.2) is 42.1 Å². The number of likely N-dealkylation sites (tertiary alicyclic amines) is 1. The Balaban J connectivity index is 1.72. The van der Waals surface area contributed by atoms with Gasteiger partial charge >= 0.3 is 6.09 Å². The summed E-state index contributed by atoms with van der Waals surface area (Å²) in [5.74, 6) is 5.90. The molecule has 25 heavy (non-hydrogen) atoms. The number of amides is 2. The summed E-state index contributed by atoms with van der Waals surface area (Å²) < 4.78 is 5.36. The molecule has 1 aromatic rings. The molecule has 1 aliphatic rings. The topological polar surface area (TPSA) is 58.6 Å². The molecule has 2 amide bonds. The Morgan fingerprint density at radius 1 is 1.20 bits per heavy atom. The minimum absolute atomic E-state index is 0.00574. The number of benzene rings is 1. The average Bonchev–Trinajstić information content (AvgIpc) is 2.58. The van der Waals surface area contributed by atoms with Crippen LogP contribution < -0.4 is 5.32 Å². The fourth-order valence-electron chi connectivity index (χ4n) is 2.59. The first-order valence-corrected chi connectivity index (χ1v) is 8.65. The first-order chi connectivity index (χ1) is 11.8. The summed E-state index contributed by atoms with van der Waals surface area (Å²) in [6, 6.07) is 9.67. The molecule has 1 aromatic carbocycles. The number of ether oxygens (including phenoxy) is 1. The van der Waals surface area contributed by atoms with E-state index in [0.717, 1.165) is 5.56 Å². The molecule has 1 N–H and O–H groups in total. The average molecular weight is 342 g/mol. The molecule has 0 bridgehead atoms. The molecule has 0 spiro atoms. The van der Waals surface area contributed by atoms with Gasteiger partial charge in [0.1, 0.15) is 5.60 Å². The van der Waals surface area contributed by atoms with E-state index < -0.39 is 5.60 Å². The zero-order chi connectivity index (χ0) is 18.3. The number of nitrogens with one attached hydrogen (secondary N) is 1. The molecule has 1 fully saturated rings. The Morgan fingerprint density at radius 3 is 2.44 bits per heavy atom. The number of rotatable bonds is 2. The molecule has 5 nitrogen and oxygen atoms in total. The smallest absolute Gasteiger partial charge is 0.410 e. The standard InChI is InChI=1S/C20H26N2O3/c1-20(2,3)25-19(24)22-14-11-17(12-15-22)18(23)21-13-7-10-16-8-5-4-6-9-16/h4-6,8-9,17H,11-15H2,1-3H3,(H,21,23). The van der Waals surface area contributed by atoms with Gasteiger partial charge in [-0.25, -0.2) is 4.79 Å². The van der Waals surface area contributed by atoms with Crippen molar-refractivity contribution in [3.05, 3.63) is 35.9 Å². The minimum atomic E-state index is -0.497. The van der Waals surface area contributed by atoms with E-state index in [1.807, 2.05) is 51.1 Å². The molecule has 134 valence electrons. The third kappa shape index (κ3) is 6.50. The van der Waals surface area contributed by atoms with Crippen molar-refractivity contribution in [1.29, 1.82) is 0 Å². The van der Waals surface area contributed by atoms with Crippen LogP contribution in [0.1, 0.15) is 39.2 Å². The van der Waals surface area contributed by atoms with E-state index in [0.29, 0.717) is 32.5 Å². The number of nitrogens with zero attached hydrogens (tertiary/aromatic N) is 1. The highest BCUT2D eigenvalue weighted by Gasteiger charge is 2.29. The van der Waals surface area contributed by atoms with Gasteiger partial charge in [0.25, 0.3) is 0 Å². The van der Waals surface area contributed by atoms with E-state index >= 15 is 0 Å². The third-order valence-corrected chi connectivity index (χ3v) is 3.87. The van der Waals surface area contributed by atoms with Crippen LogP contribution in [0, 0.1) is 17.8 Å². The van der Waals surface area contributed by atoms with Crippen molar-refractivity contribution in [3.63, 3.8) is 0 Å². The number of hydrogen-bond donors (Lipinski definition) is 1. The van der Waals surface area contributed by atoms with Gasteiger partial charge in [0.05, 0.1) is 6.54 Å². The highest BCUT2D eigenvalue weighted by Crippen LogP contribution is 2.19.